The molecule has 1 aromatic carbocycles. The number of hydrogen-bond donors (Lipinski definition) is 0. The highest BCUT2D eigenvalue weighted by atomic mass is 16.6. The number of nitrogens with zero attached hydrogens (tertiary/aromatic N) is 1. The van der Waals surface area contributed by atoms with Crippen molar-refractivity contribution in [3.63, 3.8) is 0 Å². The number of rotatable bonds is 5. The molecule has 0 aromatic heterocycles. The molecule has 0 amide bonds. The Morgan fingerprint density at radius 3 is 2.71 bits per heavy atom. The largest absolute Gasteiger partial charge is 0.270 e. The molecule has 17 heavy (non-hydrogen) atoms. The summed E-state index contributed by atoms with van der Waals surface area (Å²) in [6.45, 7) is 9.75. The Morgan fingerprint density at radius 1 is 1.41 bits per heavy atom. The van der Waals surface area contributed by atoms with Gasteiger partial charge < -0.3 is 0 Å². The van der Waals surface area contributed by atoms with E-state index in [1.165, 1.54) is 12.1 Å². The summed E-state index contributed by atoms with van der Waals surface area (Å²) in [6.07, 6.45) is 4.57. The lowest BCUT2D eigenvalue weighted by Crippen LogP contribution is -1.89. The summed E-state index contributed by atoms with van der Waals surface area (Å²) in [6, 6.07) is 6.43. The molecule has 3 nitrogen and oxygen atoms in total. The maximum absolute atomic E-state index is 10.6. The number of nitro groups is 1. The van der Waals surface area contributed by atoms with Gasteiger partial charge in [-0.15, -0.1) is 0 Å². The lowest BCUT2D eigenvalue weighted by molar-refractivity contribution is -0.384. The third-order valence-corrected chi connectivity index (χ3v) is 2.40. The highest BCUT2D eigenvalue weighted by Gasteiger charge is 2.05. The monoisotopic (exact) mass is 229 g/mol. The zero-order valence-electron chi connectivity index (χ0n) is 9.85. The molecule has 3 heteroatoms. The van der Waals surface area contributed by atoms with Crippen molar-refractivity contribution in [2.75, 3.05) is 0 Å². The average molecular weight is 229 g/mol. The van der Waals surface area contributed by atoms with Gasteiger partial charge in [-0.3, -0.25) is 10.1 Å². The minimum Gasteiger partial charge on any atom is -0.258 e. The first-order valence-corrected chi connectivity index (χ1v) is 5.34. The van der Waals surface area contributed by atoms with Crippen LogP contribution in [0.3, 0.4) is 0 Å². The smallest absolute Gasteiger partial charge is 0.258 e. The third kappa shape index (κ3) is 3.72. The van der Waals surface area contributed by atoms with Gasteiger partial charge in [0.2, 0.25) is 0 Å². The zero-order chi connectivity index (χ0) is 12.8. The fourth-order valence-electron chi connectivity index (χ4n) is 1.25. The van der Waals surface area contributed by atoms with Crippen molar-refractivity contribution in [3.05, 3.63) is 70.8 Å². The van der Waals surface area contributed by atoms with Crippen molar-refractivity contribution < 1.29 is 4.92 Å². The molecular formula is C14H15NO2. The Labute approximate surface area is 101 Å². The molecule has 0 saturated heterocycles. The average Bonchev–Trinajstić information content (AvgIpc) is 2.35. The minimum absolute atomic E-state index is 0.0753. The van der Waals surface area contributed by atoms with Crippen LogP contribution in [0.4, 0.5) is 5.69 Å². The number of allylic oxidation sites excluding steroid dienone is 4. The van der Waals surface area contributed by atoms with Crippen LogP contribution in [0.2, 0.25) is 0 Å². The van der Waals surface area contributed by atoms with E-state index in [4.69, 9.17) is 0 Å². The van der Waals surface area contributed by atoms with Gasteiger partial charge in [-0.05, 0) is 17.6 Å². The molecule has 0 unspecified atom stereocenters. The second-order valence-corrected chi connectivity index (χ2v) is 3.68. The number of non-ortho nitro benzene ring substituents is 1. The maximum atomic E-state index is 10.6. The third-order valence-electron chi connectivity index (χ3n) is 2.40. The van der Waals surface area contributed by atoms with Crippen molar-refractivity contribution in [1.29, 1.82) is 0 Å². The van der Waals surface area contributed by atoms with Crippen molar-refractivity contribution >= 4 is 11.3 Å². The van der Waals surface area contributed by atoms with Gasteiger partial charge in [-0.25, -0.2) is 0 Å². The predicted molar refractivity (Wildman–Crippen MR) is 70.7 cm³/mol. The predicted octanol–water partition coefficient (Wildman–Crippen LogP) is 4.13. The van der Waals surface area contributed by atoms with Gasteiger partial charge >= 0.3 is 0 Å². The summed E-state index contributed by atoms with van der Waals surface area (Å²) < 4.78 is 0. The first-order valence-electron chi connectivity index (χ1n) is 5.34. The summed E-state index contributed by atoms with van der Waals surface area (Å²) in [5.41, 5.74) is 2.56. The highest BCUT2D eigenvalue weighted by Crippen LogP contribution is 2.20. The Kier molecular flexibility index (Phi) is 4.40. The molecule has 0 N–H and O–H groups in total. The van der Waals surface area contributed by atoms with Gasteiger partial charge in [0.1, 0.15) is 0 Å². The summed E-state index contributed by atoms with van der Waals surface area (Å²) in [5, 5.41) is 10.6. The SMILES string of the molecule is C=C(/C=C\C(=C)c1cccc([N+](=O)[O-])c1)CC. The Hall–Kier alpha value is -2.16. The van der Waals surface area contributed by atoms with E-state index >= 15 is 0 Å². The topological polar surface area (TPSA) is 43.1 Å². The highest BCUT2D eigenvalue weighted by molar-refractivity contribution is 5.73. The molecule has 0 radical (unpaired) electrons. The molecule has 0 aliphatic heterocycles. The Morgan fingerprint density at radius 2 is 2.12 bits per heavy atom. The Bertz CT molecular complexity index is 487. The van der Waals surface area contributed by atoms with Crippen molar-refractivity contribution in [3.8, 4) is 0 Å². The first kappa shape index (κ1) is 12.9. The van der Waals surface area contributed by atoms with Gasteiger partial charge in [0.15, 0.2) is 0 Å². The van der Waals surface area contributed by atoms with Crippen LogP contribution in [0.1, 0.15) is 18.9 Å². The summed E-state index contributed by atoms with van der Waals surface area (Å²) >= 11 is 0. The van der Waals surface area contributed by atoms with Crippen LogP contribution in [0.15, 0.2) is 55.1 Å². The van der Waals surface area contributed by atoms with Crippen LogP contribution in [0.5, 0.6) is 0 Å². The van der Waals surface area contributed by atoms with Crippen molar-refractivity contribution in [2.24, 2.45) is 0 Å². The van der Waals surface area contributed by atoms with Gasteiger partial charge in [0.25, 0.3) is 5.69 Å². The minimum atomic E-state index is -0.411. The van der Waals surface area contributed by atoms with Gasteiger partial charge in [-0.1, -0.05) is 49.9 Å². The number of hydrogen-bond acceptors (Lipinski definition) is 2. The Balaban J connectivity index is 2.90. The molecule has 0 atom stereocenters. The van der Waals surface area contributed by atoms with Gasteiger partial charge in [0.05, 0.1) is 4.92 Å². The second kappa shape index (κ2) is 5.80. The summed E-state index contributed by atoms with van der Waals surface area (Å²) in [4.78, 5) is 10.2. The van der Waals surface area contributed by atoms with E-state index in [1.54, 1.807) is 12.1 Å². The molecule has 88 valence electrons. The van der Waals surface area contributed by atoms with Gasteiger partial charge in [-0.2, -0.15) is 0 Å². The zero-order valence-corrected chi connectivity index (χ0v) is 9.85. The lowest BCUT2D eigenvalue weighted by Gasteiger charge is -2.00. The van der Waals surface area contributed by atoms with Crippen LogP contribution in [-0.2, 0) is 0 Å². The molecule has 0 spiro atoms. The molecule has 1 rings (SSSR count). The molecule has 0 bridgehead atoms. The lowest BCUT2D eigenvalue weighted by atomic mass is 10.1. The molecule has 0 fully saturated rings. The second-order valence-electron chi connectivity index (χ2n) is 3.68. The van der Waals surface area contributed by atoms with E-state index < -0.39 is 4.92 Å². The molecule has 0 aliphatic carbocycles. The summed E-state index contributed by atoms with van der Waals surface area (Å²) in [7, 11) is 0. The van der Waals surface area contributed by atoms with E-state index in [9.17, 15) is 10.1 Å². The number of benzene rings is 1. The molecule has 1 aromatic rings. The van der Waals surface area contributed by atoms with Crippen LogP contribution < -0.4 is 0 Å². The van der Waals surface area contributed by atoms with Crippen LogP contribution in [0, 0.1) is 10.1 Å². The number of nitro benzene ring substituents is 1. The first-order chi connectivity index (χ1) is 8.04. The summed E-state index contributed by atoms with van der Waals surface area (Å²) in [5.74, 6) is 0. The van der Waals surface area contributed by atoms with E-state index in [2.05, 4.69) is 13.2 Å². The molecule has 0 heterocycles. The van der Waals surface area contributed by atoms with Crippen LogP contribution >= 0.6 is 0 Å². The van der Waals surface area contributed by atoms with Crippen molar-refractivity contribution in [1.82, 2.24) is 0 Å². The van der Waals surface area contributed by atoms with Crippen molar-refractivity contribution in [2.45, 2.75) is 13.3 Å². The fourth-order valence-corrected chi connectivity index (χ4v) is 1.25. The van der Waals surface area contributed by atoms with E-state index in [0.717, 1.165) is 23.1 Å². The standard InChI is InChI=1S/C14H15NO2/c1-4-11(2)8-9-12(3)13-6-5-7-14(10-13)15(16)17/h5-10H,2-4H2,1H3/b9-8-. The van der Waals surface area contributed by atoms with E-state index in [0.29, 0.717) is 0 Å². The van der Waals surface area contributed by atoms with Crippen LogP contribution in [-0.4, -0.2) is 4.92 Å². The fraction of sp³-hybridized carbons (Fsp3) is 0.143. The molecule has 0 aliphatic rings. The normalized spacial score (nSPS) is 10.4. The maximum Gasteiger partial charge on any atom is 0.270 e. The molecule has 0 saturated carbocycles. The van der Waals surface area contributed by atoms with E-state index in [1.807, 2.05) is 19.1 Å². The van der Waals surface area contributed by atoms with Gasteiger partial charge in [0, 0.05) is 12.1 Å². The van der Waals surface area contributed by atoms with Crippen LogP contribution in [0.25, 0.3) is 5.57 Å². The van der Waals surface area contributed by atoms with E-state index in [-0.39, 0.29) is 5.69 Å². The molecular weight excluding hydrogens is 214 g/mol. The quantitative estimate of drug-likeness (QED) is 0.433.